The summed E-state index contributed by atoms with van der Waals surface area (Å²) in [5.41, 5.74) is 8.86. The van der Waals surface area contributed by atoms with Crippen LogP contribution in [-0.4, -0.2) is 5.11 Å². The van der Waals surface area contributed by atoms with Crippen LogP contribution in [-0.2, 0) is 13.0 Å². The van der Waals surface area contributed by atoms with Gasteiger partial charge in [-0.25, -0.2) is 0 Å². The molecule has 0 aliphatic heterocycles. The summed E-state index contributed by atoms with van der Waals surface area (Å²) in [5.74, 6) is 0.313. The number of hydrogen-bond donors (Lipinski definition) is 2. The number of rotatable bonds is 1. The van der Waals surface area contributed by atoms with Gasteiger partial charge in [0.1, 0.15) is 5.75 Å². The first-order chi connectivity index (χ1) is 6.33. The molecule has 13 heavy (non-hydrogen) atoms. The first-order valence-electron chi connectivity index (χ1n) is 4.53. The van der Waals surface area contributed by atoms with Gasteiger partial charge in [0.2, 0.25) is 0 Å². The van der Waals surface area contributed by atoms with E-state index in [1.807, 2.05) is 6.07 Å². The Bertz CT molecular complexity index is 355. The Morgan fingerprint density at radius 1 is 1.38 bits per heavy atom. The van der Waals surface area contributed by atoms with Crippen molar-refractivity contribution >= 4 is 6.08 Å². The number of fused-ring (bicyclic) bond motifs is 1. The van der Waals surface area contributed by atoms with Crippen molar-refractivity contribution in [1.29, 1.82) is 0 Å². The van der Waals surface area contributed by atoms with Gasteiger partial charge in [-0.1, -0.05) is 18.2 Å². The van der Waals surface area contributed by atoms with Crippen molar-refractivity contribution in [2.75, 3.05) is 0 Å². The Morgan fingerprint density at radius 2 is 2.23 bits per heavy atom. The van der Waals surface area contributed by atoms with Crippen molar-refractivity contribution in [2.24, 2.45) is 5.73 Å². The molecule has 0 spiro atoms. The molecule has 1 aromatic carbocycles. The number of hydrogen-bond acceptors (Lipinski definition) is 2. The topological polar surface area (TPSA) is 46.2 Å². The number of phenolic OH excluding ortho intramolecular Hbond substituents is 1. The maximum absolute atomic E-state index is 9.55. The van der Waals surface area contributed by atoms with Gasteiger partial charge in [-0.15, -0.1) is 0 Å². The predicted octanol–water partition coefficient (Wildman–Crippen LogP) is 1.81. The molecule has 2 rings (SSSR count). The Labute approximate surface area is 77.7 Å². The van der Waals surface area contributed by atoms with E-state index >= 15 is 0 Å². The second-order valence-corrected chi connectivity index (χ2v) is 3.28. The Kier molecular flexibility index (Phi) is 2.07. The lowest BCUT2D eigenvalue weighted by Gasteiger charge is -2.14. The zero-order chi connectivity index (χ0) is 9.26. The van der Waals surface area contributed by atoms with Crippen LogP contribution in [0.4, 0.5) is 0 Å². The molecule has 0 saturated carbocycles. The second kappa shape index (κ2) is 3.23. The molecule has 0 aromatic heterocycles. The summed E-state index contributed by atoms with van der Waals surface area (Å²) in [6.45, 7) is 0.402. The van der Waals surface area contributed by atoms with Crippen molar-refractivity contribution in [3.05, 3.63) is 34.9 Å². The summed E-state index contributed by atoms with van der Waals surface area (Å²) in [4.78, 5) is 0. The maximum Gasteiger partial charge on any atom is 0.120 e. The van der Waals surface area contributed by atoms with Crippen LogP contribution in [0, 0.1) is 0 Å². The van der Waals surface area contributed by atoms with E-state index in [0.717, 1.165) is 24.0 Å². The van der Waals surface area contributed by atoms with Crippen LogP contribution < -0.4 is 5.73 Å². The van der Waals surface area contributed by atoms with Gasteiger partial charge >= 0.3 is 0 Å². The molecule has 0 radical (unpaired) electrons. The highest BCUT2D eigenvalue weighted by atomic mass is 16.3. The van der Waals surface area contributed by atoms with E-state index in [1.54, 1.807) is 6.07 Å². The molecule has 0 saturated heterocycles. The van der Waals surface area contributed by atoms with Crippen LogP contribution in [0.2, 0.25) is 0 Å². The Morgan fingerprint density at radius 3 is 3.00 bits per heavy atom. The van der Waals surface area contributed by atoms with Crippen LogP contribution in [0.15, 0.2) is 18.2 Å². The van der Waals surface area contributed by atoms with Gasteiger partial charge in [0, 0.05) is 12.1 Å². The fourth-order valence-electron chi connectivity index (χ4n) is 1.78. The highest BCUT2D eigenvalue weighted by molar-refractivity contribution is 5.63. The normalized spacial score (nSPS) is 14.2. The largest absolute Gasteiger partial charge is 0.508 e. The predicted molar refractivity (Wildman–Crippen MR) is 53.4 cm³/mol. The van der Waals surface area contributed by atoms with E-state index in [1.165, 1.54) is 5.56 Å². The summed E-state index contributed by atoms with van der Waals surface area (Å²) >= 11 is 0. The molecule has 1 aliphatic rings. The van der Waals surface area contributed by atoms with E-state index in [2.05, 4.69) is 12.2 Å². The number of benzene rings is 1. The summed E-state index contributed by atoms with van der Waals surface area (Å²) < 4.78 is 0. The average molecular weight is 175 g/mol. The fourth-order valence-corrected chi connectivity index (χ4v) is 1.78. The second-order valence-electron chi connectivity index (χ2n) is 3.28. The van der Waals surface area contributed by atoms with Crippen molar-refractivity contribution in [1.82, 2.24) is 0 Å². The van der Waals surface area contributed by atoms with Gasteiger partial charge in [-0.2, -0.15) is 0 Å². The first kappa shape index (κ1) is 8.32. The molecule has 68 valence electrons. The first-order valence-corrected chi connectivity index (χ1v) is 4.53. The van der Waals surface area contributed by atoms with Crippen molar-refractivity contribution < 1.29 is 5.11 Å². The standard InChI is InChI=1S/C11H13NO/c12-7-10-9-4-2-1-3-8(9)5-6-11(10)13/h2,4-6,13H,1,3,7,12H2. The number of aromatic hydroxyl groups is 1. The van der Waals surface area contributed by atoms with Crippen molar-refractivity contribution in [2.45, 2.75) is 19.4 Å². The monoisotopic (exact) mass is 175 g/mol. The molecule has 2 nitrogen and oxygen atoms in total. The maximum atomic E-state index is 9.55. The van der Waals surface area contributed by atoms with Crippen LogP contribution in [0.25, 0.3) is 6.08 Å². The minimum Gasteiger partial charge on any atom is -0.508 e. The molecule has 1 aromatic rings. The number of aryl methyl sites for hydroxylation is 1. The van der Waals surface area contributed by atoms with Gasteiger partial charge in [0.25, 0.3) is 0 Å². The lowest BCUT2D eigenvalue weighted by atomic mass is 9.92. The van der Waals surface area contributed by atoms with E-state index in [4.69, 9.17) is 5.73 Å². The van der Waals surface area contributed by atoms with E-state index < -0.39 is 0 Å². The molecule has 0 atom stereocenters. The minimum atomic E-state index is 0.313. The molecule has 0 amide bonds. The zero-order valence-corrected chi connectivity index (χ0v) is 7.46. The minimum absolute atomic E-state index is 0.313. The molecule has 0 heterocycles. The highest BCUT2D eigenvalue weighted by Crippen LogP contribution is 2.28. The molecule has 0 bridgehead atoms. The molecule has 2 heteroatoms. The van der Waals surface area contributed by atoms with Gasteiger partial charge < -0.3 is 10.8 Å². The van der Waals surface area contributed by atoms with Crippen molar-refractivity contribution in [3.8, 4) is 5.75 Å². The molecular formula is C11H13NO. The highest BCUT2D eigenvalue weighted by Gasteiger charge is 2.11. The van der Waals surface area contributed by atoms with Gasteiger partial charge in [0.05, 0.1) is 0 Å². The number of nitrogens with two attached hydrogens (primary N) is 1. The van der Waals surface area contributed by atoms with Crippen molar-refractivity contribution in [3.63, 3.8) is 0 Å². The third kappa shape index (κ3) is 1.33. The van der Waals surface area contributed by atoms with E-state index in [0.29, 0.717) is 12.3 Å². The quantitative estimate of drug-likeness (QED) is 0.683. The third-order valence-corrected chi connectivity index (χ3v) is 2.49. The van der Waals surface area contributed by atoms with E-state index in [-0.39, 0.29) is 0 Å². The summed E-state index contributed by atoms with van der Waals surface area (Å²) in [5, 5.41) is 9.55. The fraction of sp³-hybridized carbons (Fsp3) is 0.273. The lowest BCUT2D eigenvalue weighted by molar-refractivity contribution is 0.468. The molecule has 0 fully saturated rings. The van der Waals surface area contributed by atoms with Crippen LogP contribution in [0.5, 0.6) is 5.75 Å². The number of phenols is 1. The molecular weight excluding hydrogens is 162 g/mol. The summed E-state index contributed by atoms with van der Waals surface area (Å²) in [6, 6.07) is 3.72. The average Bonchev–Trinajstić information content (AvgIpc) is 2.18. The van der Waals surface area contributed by atoms with Gasteiger partial charge in [-0.05, 0) is 30.0 Å². The smallest absolute Gasteiger partial charge is 0.120 e. The third-order valence-electron chi connectivity index (χ3n) is 2.49. The van der Waals surface area contributed by atoms with Crippen LogP contribution in [0.3, 0.4) is 0 Å². The van der Waals surface area contributed by atoms with Crippen LogP contribution >= 0.6 is 0 Å². The van der Waals surface area contributed by atoms with Gasteiger partial charge in [-0.3, -0.25) is 0 Å². The molecule has 1 aliphatic carbocycles. The molecule has 3 N–H and O–H groups in total. The summed E-state index contributed by atoms with van der Waals surface area (Å²) in [6.07, 6.45) is 6.32. The molecule has 0 unspecified atom stereocenters. The lowest BCUT2D eigenvalue weighted by Crippen LogP contribution is -2.04. The van der Waals surface area contributed by atoms with Gasteiger partial charge in [0.15, 0.2) is 0 Å². The SMILES string of the molecule is NCc1c(O)ccc2c1C=CCC2. The Balaban J connectivity index is 2.61. The van der Waals surface area contributed by atoms with E-state index in [9.17, 15) is 5.11 Å². The number of allylic oxidation sites excluding steroid dienone is 1. The Hall–Kier alpha value is -1.28. The zero-order valence-electron chi connectivity index (χ0n) is 7.46. The summed E-state index contributed by atoms with van der Waals surface area (Å²) in [7, 11) is 0. The van der Waals surface area contributed by atoms with Crippen LogP contribution in [0.1, 0.15) is 23.1 Å².